The molecule has 7 heteroatoms. The maximum atomic E-state index is 12.6. The molecule has 2 atom stereocenters. The number of ether oxygens (including phenoxy) is 1. The lowest BCUT2D eigenvalue weighted by molar-refractivity contribution is -0.138. The molecule has 3 saturated heterocycles. The number of amides is 1. The Morgan fingerprint density at radius 1 is 1.05 bits per heavy atom. The van der Waals surface area contributed by atoms with E-state index in [1.807, 2.05) is 4.90 Å². The molecule has 5 nitrogen and oxygen atoms in total. The zero-order chi connectivity index (χ0) is 13.9. The van der Waals surface area contributed by atoms with E-state index in [1.165, 1.54) is 25.8 Å². The van der Waals surface area contributed by atoms with Gasteiger partial charge in [-0.2, -0.15) is 0 Å². The van der Waals surface area contributed by atoms with E-state index in [4.69, 9.17) is 10.5 Å². The van der Waals surface area contributed by atoms with Gasteiger partial charge in [-0.3, -0.25) is 9.69 Å². The Balaban J connectivity index is 0.00000121. The number of hydrogen-bond donors (Lipinski definition) is 1. The molecule has 2 unspecified atom stereocenters. The SMILES string of the molecule is Cl.Cl.NC(C(=O)N1CCN2CCCCC2C1)C1CCOCC1. The van der Waals surface area contributed by atoms with E-state index >= 15 is 0 Å². The van der Waals surface area contributed by atoms with Crippen LogP contribution < -0.4 is 5.73 Å². The molecule has 0 aliphatic carbocycles. The number of fused-ring (bicyclic) bond motifs is 1. The quantitative estimate of drug-likeness (QED) is 0.812. The second kappa shape index (κ2) is 9.28. The van der Waals surface area contributed by atoms with Crippen molar-refractivity contribution in [3.8, 4) is 0 Å². The van der Waals surface area contributed by atoms with Crippen LogP contribution in [0.15, 0.2) is 0 Å². The molecule has 0 spiro atoms. The Labute approximate surface area is 145 Å². The summed E-state index contributed by atoms with van der Waals surface area (Å²) >= 11 is 0. The number of rotatable bonds is 2. The number of piperazine rings is 1. The summed E-state index contributed by atoms with van der Waals surface area (Å²) in [5, 5.41) is 0. The molecule has 1 amide bonds. The fourth-order valence-corrected chi connectivity index (χ4v) is 3.84. The number of nitrogens with two attached hydrogens (primary N) is 1. The summed E-state index contributed by atoms with van der Waals surface area (Å²) in [4.78, 5) is 17.2. The molecular weight excluding hydrogens is 325 g/mol. The summed E-state index contributed by atoms with van der Waals surface area (Å²) in [6, 6.07) is 0.248. The number of piperidine rings is 1. The van der Waals surface area contributed by atoms with E-state index in [-0.39, 0.29) is 36.8 Å². The first-order chi connectivity index (χ1) is 9.75. The van der Waals surface area contributed by atoms with Crippen molar-refractivity contribution in [3.05, 3.63) is 0 Å². The van der Waals surface area contributed by atoms with Crippen LogP contribution in [0.3, 0.4) is 0 Å². The fourth-order valence-electron chi connectivity index (χ4n) is 3.84. The molecule has 0 aromatic rings. The predicted molar refractivity (Wildman–Crippen MR) is 91.8 cm³/mol. The maximum Gasteiger partial charge on any atom is 0.239 e. The van der Waals surface area contributed by atoms with E-state index in [0.717, 1.165) is 45.7 Å². The smallest absolute Gasteiger partial charge is 0.239 e. The van der Waals surface area contributed by atoms with Gasteiger partial charge in [0.15, 0.2) is 0 Å². The van der Waals surface area contributed by atoms with Crippen LogP contribution in [0.2, 0.25) is 0 Å². The summed E-state index contributed by atoms with van der Waals surface area (Å²) in [7, 11) is 0. The number of halogens is 2. The molecule has 3 fully saturated rings. The van der Waals surface area contributed by atoms with Gasteiger partial charge in [0.2, 0.25) is 5.91 Å². The van der Waals surface area contributed by atoms with E-state index in [0.29, 0.717) is 12.0 Å². The van der Waals surface area contributed by atoms with Gasteiger partial charge in [-0.05, 0) is 38.1 Å². The molecule has 3 rings (SSSR count). The second-order valence-electron chi connectivity index (χ2n) is 6.45. The highest BCUT2D eigenvalue weighted by molar-refractivity contribution is 5.85. The minimum absolute atomic E-state index is 0. The Morgan fingerprint density at radius 3 is 2.50 bits per heavy atom. The number of carbonyl (C=O) groups excluding carboxylic acids is 1. The molecule has 3 aliphatic rings. The third-order valence-corrected chi connectivity index (χ3v) is 5.21. The van der Waals surface area contributed by atoms with Crippen LogP contribution in [0.4, 0.5) is 0 Å². The van der Waals surface area contributed by atoms with Gasteiger partial charge in [-0.1, -0.05) is 6.42 Å². The average Bonchev–Trinajstić information content (AvgIpc) is 2.54. The lowest BCUT2D eigenvalue weighted by atomic mass is 9.91. The predicted octanol–water partition coefficient (Wildman–Crippen LogP) is 1.28. The Kier molecular flexibility index (Phi) is 8.43. The molecule has 0 saturated carbocycles. The zero-order valence-electron chi connectivity index (χ0n) is 13.1. The molecule has 0 bridgehead atoms. The monoisotopic (exact) mass is 353 g/mol. The summed E-state index contributed by atoms with van der Waals surface area (Å²) < 4.78 is 5.36. The van der Waals surface area contributed by atoms with Crippen molar-refractivity contribution in [2.45, 2.75) is 44.2 Å². The van der Waals surface area contributed by atoms with Gasteiger partial charge in [0.05, 0.1) is 6.04 Å². The van der Waals surface area contributed by atoms with Crippen molar-refractivity contribution in [2.75, 3.05) is 39.4 Å². The van der Waals surface area contributed by atoms with Gasteiger partial charge in [0, 0.05) is 38.9 Å². The van der Waals surface area contributed by atoms with Gasteiger partial charge in [-0.25, -0.2) is 0 Å². The molecule has 0 aromatic carbocycles. The Hall–Kier alpha value is -0.0700. The van der Waals surface area contributed by atoms with Crippen LogP contribution in [0.1, 0.15) is 32.1 Å². The third-order valence-electron chi connectivity index (χ3n) is 5.21. The van der Waals surface area contributed by atoms with Crippen LogP contribution in [0.25, 0.3) is 0 Å². The molecule has 22 heavy (non-hydrogen) atoms. The minimum Gasteiger partial charge on any atom is -0.381 e. The molecule has 0 radical (unpaired) electrons. The molecule has 3 heterocycles. The molecule has 3 aliphatic heterocycles. The van der Waals surface area contributed by atoms with Crippen molar-refractivity contribution in [2.24, 2.45) is 11.7 Å². The van der Waals surface area contributed by atoms with E-state index in [2.05, 4.69) is 4.90 Å². The topological polar surface area (TPSA) is 58.8 Å². The number of nitrogens with zero attached hydrogens (tertiary/aromatic N) is 2. The zero-order valence-corrected chi connectivity index (χ0v) is 14.7. The number of hydrogen-bond acceptors (Lipinski definition) is 4. The van der Waals surface area contributed by atoms with Crippen LogP contribution in [-0.4, -0.2) is 67.2 Å². The van der Waals surface area contributed by atoms with Crippen LogP contribution in [0.5, 0.6) is 0 Å². The lowest BCUT2D eigenvalue weighted by Gasteiger charge is -2.45. The fraction of sp³-hybridized carbons (Fsp3) is 0.933. The first-order valence-corrected chi connectivity index (χ1v) is 8.12. The minimum atomic E-state index is -0.325. The molecule has 0 aromatic heterocycles. The van der Waals surface area contributed by atoms with Gasteiger partial charge >= 0.3 is 0 Å². The van der Waals surface area contributed by atoms with Crippen LogP contribution >= 0.6 is 24.8 Å². The molecule has 2 N–H and O–H groups in total. The highest BCUT2D eigenvalue weighted by atomic mass is 35.5. The van der Waals surface area contributed by atoms with Crippen molar-refractivity contribution in [3.63, 3.8) is 0 Å². The summed E-state index contributed by atoms with van der Waals surface area (Å²) in [5.41, 5.74) is 6.23. The summed E-state index contributed by atoms with van der Waals surface area (Å²) in [6.07, 6.45) is 5.70. The van der Waals surface area contributed by atoms with E-state index in [9.17, 15) is 4.79 Å². The van der Waals surface area contributed by atoms with Crippen molar-refractivity contribution >= 4 is 30.7 Å². The van der Waals surface area contributed by atoms with Crippen molar-refractivity contribution in [1.29, 1.82) is 0 Å². The van der Waals surface area contributed by atoms with E-state index in [1.54, 1.807) is 0 Å². The first kappa shape index (κ1) is 20.0. The van der Waals surface area contributed by atoms with Gasteiger partial charge in [0.1, 0.15) is 0 Å². The molecule has 130 valence electrons. The third kappa shape index (κ3) is 4.48. The normalized spacial score (nSPS) is 28.0. The maximum absolute atomic E-state index is 12.6. The standard InChI is InChI=1S/C15H27N3O2.2ClH/c16-14(12-4-9-20-10-5-12)15(19)18-8-7-17-6-2-1-3-13(17)11-18;;/h12-14H,1-11,16H2;2*1H. The highest BCUT2D eigenvalue weighted by Gasteiger charge is 2.35. The average molecular weight is 354 g/mol. The summed E-state index contributed by atoms with van der Waals surface area (Å²) in [6.45, 7) is 5.47. The lowest BCUT2D eigenvalue weighted by Crippen LogP contribution is -2.59. The van der Waals surface area contributed by atoms with Gasteiger partial charge in [-0.15, -0.1) is 24.8 Å². The van der Waals surface area contributed by atoms with E-state index < -0.39 is 0 Å². The van der Waals surface area contributed by atoms with Gasteiger partial charge in [0.25, 0.3) is 0 Å². The van der Waals surface area contributed by atoms with Crippen LogP contribution in [0, 0.1) is 5.92 Å². The summed E-state index contributed by atoms with van der Waals surface area (Å²) in [5.74, 6) is 0.475. The first-order valence-electron chi connectivity index (χ1n) is 8.12. The Bertz CT molecular complexity index is 354. The largest absolute Gasteiger partial charge is 0.381 e. The van der Waals surface area contributed by atoms with Crippen molar-refractivity contribution in [1.82, 2.24) is 9.80 Å². The highest BCUT2D eigenvalue weighted by Crippen LogP contribution is 2.23. The number of carbonyl (C=O) groups is 1. The molecular formula is C15H29Cl2N3O2. The Morgan fingerprint density at radius 2 is 1.77 bits per heavy atom. The second-order valence-corrected chi connectivity index (χ2v) is 6.45. The van der Waals surface area contributed by atoms with Crippen LogP contribution in [-0.2, 0) is 9.53 Å². The van der Waals surface area contributed by atoms with Crippen molar-refractivity contribution < 1.29 is 9.53 Å². The van der Waals surface area contributed by atoms with Gasteiger partial charge < -0.3 is 15.4 Å².